The van der Waals surface area contributed by atoms with Gasteiger partial charge in [-0.25, -0.2) is 0 Å². The molecule has 3 heteroatoms. The number of amidine groups is 1. The van der Waals surface area contributed by atoms with E-state index in [1.165, 1.54) is 0 Å². The van der Waals surface area contributed by atoms with Crippen molar-refractivity contribution in [2.45, 2.75) is 6.92 Å². The Hall–Kier alpha value is -0.830. The summed E-state index contributed by atoms with van der Waals surface area (Å²) in [6, 6.07) is 0. The molecule has 3 nitrogen and oxygen atoms in total. The molecule has 1 saturated heterocycles. The molecule has 0 unspecified atom stereocenters. The molecule has 0 bridgehead atoms. The summed E-state index contributed by atoms with van der Waals surface area (Å²) in [4.78, 5) is 8.69. The van der Waals surface area contributed by atoms with Crippen molar-refractivity contribution in [2.24, 2.45) is 4.99 Å². The van der Waals surface area contributed by atoms with Gasteiger partial charge in [-0.15, -0.1) is 0 Å². The van der Waals surface area contributed by atoms with E-state index in [1.807, 2.05) is 14.0 Å². The van der Waals surface area contributed by atoms with Gasteiger partial charge in [-0.2, -0.15) is 0 Å². The van der Waals surface area contributed by atoms with Crippen LogP contribution >= 0.6 is 0 Å². The maximum Gasteiger partial charge on any atom is 0.117 e. The minimum atomic E-state index is 0.934. The molecular weight excluding hydrogens is 150 g/mol. The van der Waals surface area contributed by atoms with Crippen LogP contribution in [0.25, 0.3) is 0 Å². The molecule has 68 valence electrons. The van der Waals surface area contributed by atoms with Crippen LogP contribution in [0, 0.1) is 0 Å². The van der Waals surface area contributed by atoms with Crippen LogP contribution in [0.15, 0.2) is 17.3 Å². The lowest BCUT2D eigenvalue weighted by molar-refractivity contribution is 0.293. The molecule has 0 aromatic carbocycles. The van der Waals surface area contributed by atoms with Crippen molar-refractivity contribution in [3.05, 3.63) is 12.3 Å². The third-order valence-electron chi connectivity index (χ3n) is 2.15. The zero-order valence-electron chi connectivity index (χ0n) is 8.17. The second-order valence-corrected chi connectivity index (χ2v) is 3.26. The Balaban J connectivity index is 2.70. The van der Waals surface area contributed by atoms with Gasteiger partial charge < -0.3 is 4.90 Å². The second kappa shape index (κ2) is 3.72. The summed E-state index contributed by atoms with van der Waals surface area (Å²) in [6.07, 6.45) is 0. The number of likely N-dealkylation sites (N-methyl/N-ethyl adjacent to an activating group) is 1. The van der Waals surface area contributed by atoms with Gasteiger partial charge in [-0.05, 0) is 14.0 Å². The van der Waals surface area contributed by atoms with Gasteiger partial charge in [0.2, 0.25) is 0 Å². The fourth-order valence-corrected chi connectivity index (χ4v) is 1.41. The summed E-state index contributed by atoms with van der Waals surface area (Å²) in [7, 11) is 3.95. The van der Waals surface area contributed by atoms with Crippen molar-refractivity contribution < 1.29 is 0 Å². The Morgan fingerprint density at radius 2 is 2.17 bits per heavy atom. The summed E-state index contributed by atoms with van der Waals surface area (Å²) < 4.78 is 0. The Morgan fingerprint density at radius 3 is 2.67 bits per heavy atom. The van der Waals surface area contributed by atoms with E-state index in [0.717, 1.165) is 31.2 Å². The van der Waals surface area contributed by atoms with Crippen molar-refractivity contribution in [3.63, 3.8) is 0 Å². The van der Waals surface area contributed by atoms with Gasteiger partial charge in [0.1, 0.15) is 5.84 Å². The van der Waals surface area contributed by atoms with E-state index in [9.17, 15) is 0 Å². The summed E-state index contributed by atoms with van der Waals surface area (Å²) in [5.41, 5.74) is 1.09. The predicted octanol–water partition coefficient (Wildman–Crippen LogP) is 0.796. The molecule has 0 spiro atoms. The maximum atomic E-state index is 4.24. The highest BCUT2D eigenvalue weighted by Gasteiger charge is 2.18. The molecule has 0 saturated carbocycles. The number of nitrogens with zero attached hydrogens (tertiary/aromatic N) is 3. The van der Waals surface area contributed by atoms with E-state index >= 15 is 0 Å². The first-order chi connectivity index (χ1) is 5.65. The van der Waals surface area contributed by atoms with Crippen molar-refractivity contribution in [3.8, 4) is 0 Å². The summed E-state index contributed by atoms with van der Waals surface area (Å²) in [5, 5.41) is 0. The number of hydrogen-bond donors (Lipinski definition) is 0. The summed E-state index contributed by atoms with van der Waals surface area (Å²) in [5.74, 6) is 1.12. The second-order valence-electron chi connectivity index (χ2n) is 3.26. The van der Waals surface area contributed by atoms with Gasteiger partial charge in [0.05, 0.1) is 6.54 Å². The van der Waals surface area contributed by atoms with Crippen molar-refractivity contribution in [2.75, 3.05) is 33.7 Å². The van der Waals surface area contributed by atoms with Crippen molar-refractivity contribution in [1.29, 1.82) is 0 Å². The molecule has 0 radical (unpaired) electrons. The topological polar surface area (TPSA) is 18.8 Å². The SMILES string of the molecule is C=C(C)N1CCN(C)CC1=NC. The molecule has 1 rings (SSSR count). The highest BCUT2D eigenvalue weighted by atomic mass is 15.3. The predicted molar refractivity (Wildman–Crippen MR) is 52.4 cm³/mol. The monoisotopic (exact) mass is 167 g/mol. The van der Waals surface area contributed by atoms with Gasteiger partial charge in [-0.1, -0.05) is 6.58 Å². The molecule has 1 aliphatic heterocycles. The van der Waals surface area contributed by atoms with Gasteiger partial charge in [0.15, 0.2) is 0 Å². The van der Waals surface area contributed by atoms with E-state index in [0.29, 0.717) is 0 Å². The van der Waals surface area contributed by atoms with Gasteiger partial charge in [0.25, 0.3) is 0 Å². The molecule has 12 heavy (non-hydrogen) atoms. The average molecular weight is 167 g/mol. The Kier molecular flexibility index (Phi) is 2.87. The lowest BCUT2D eigenvalue weighted by atomic mass is 10.3. The van der Waals surface area contributed by atoms with Crippen LogP contribution in [0.2, 0.25) is 0 Å². The molecule has 0 aromatic rings. The molecule has 0 aromatic heterocycles. The highest BCUT2D eigenvalue weighted by Crippen LogP contribution is 2.08. The average Bonchev–Trinajstić information content (AvgIpc) is 2.03. The smallest absolute Gasteiger partial charge is 0.117 e. The molecule has 1 heterocycles. The van der Waals surface area contributed by atoms with E-state index in [-0.39, 0.29) is 0 Å². The van der Waals surface area contributed by atoms with E-state index in [4.69, 9.17) is 0 Å². The normalized spacial score (nSPS) is 23.2. The van der Waals surface area contributed by atoms with Gasteiger partial charge >= 0.3 is 0 Å². The zero-order valence-corrected chi connectivity index (χ0v) is 8.17. The van der Waals surface area contributed by atoms with Gasteiger partial charge in [-0.3, -0.25) is 9.89 Å². The van der Waals surface area contributed by atoms with Crippen LogP contribution in [0.1, 0.15) is 6.92 Å². The van der Waals surface area contributed by atoms with E-state index < -0.39 is 0 Å². The van der Waals surface area contributed by atoms with Crippen LogP contribution in [-0.4, -0.2) is 49.4 Å². The Labute approximate surface area is 74.4 Å². The van der Waals surface area contributed by atoms with Crippen molar-refractivity contribution >= 4 is 5.84 Å². The molecule has 1 fully saturated rings. The number of hydrogen-bond acceptors (Lipinski definition) is 2. The molecule has 0 N–H and O–H groups in total. The standard InChI is InChI=1S/C9H17N3/c1-8(2)12-6-5-11(4)7-9(12)10-3/h1,5-7H2,2-4H3. The van der Waals surface area contributed by atoms with Crippen LogP contribution in [-0.2, 0) is 0 Å². The van der Waals surface area contributed by atoms with Crippen LogP contribution < -0.4 is 0 Å². The third kappa shape index (κ3) is 1.85. The lowest BCUT2D eigenvalue weighted by Crippen LogP contribution is -2.47. The third-order valence-corrected chi connectivity index (χ3v) is 2.15. The maximum absolute atomic E-state index is 4.24. The first-order valence-electron chi connectivity index (χ1n) is 4.22. The largest absolute Gasteiger partial charge is 0.332 e. The highest BCUT2D eigenvalue weighted by molar-refractivity contribution is 5.86. The molecule has 0 amide bonds. The molecule has 1 aliphatic rings. The first kappa shape index (κ1) is 9.26. The fraction of sp³-hybridized carbons (Fsp3) is 0.667. The molecule has 0 aliphatic carbocycles. The Bertz CT molecular complexity index is 208. The summed E-state index contributed by atoms with van der Waals surface area (Å²) in [6.45, 7) is 8.99. The lowest BCUT2D eigenvalue weighted by Gasteiger charge is -2.35. The first-order valence-corrected chi connectivity index (χ1v) is 4.22. The Morgan fingerprint density at radius 1 is 1.50 bits per heavy atom. The minimum absolute atomic E-state index is 0.934. The zero-order chi connectivity index (χ0) is 9.14. The van der Waals surface area contributed by atoms with Crippen LogP contribution in [0.3, 0.4) is 0 Å². The van der Waals surface area contributed by atoms with Crippen LogP contribution in [0.4, 0.5) is 0 Å². The minimum Gasteiger partial charge on any atom is -0.332 e. The quantitative estimate of drug-likeness (QED) is 0.575. The van der Waals surface area contributed by atoms with Gasteiger partial charge in [0, 0.05) is 25.8 Å². The fourth-order valence-electron chi connectivity index (χ4n) is 1.41. The number of piperazine rings is 1. The summed E-state index contributed by atoms with van der Waals surface area (Å²) >= 11 is 0. The van der Waals surface area contributed by atoms with E-state index in [1.54, 1.807) is 0 Å². The van der Waals surface area contributed by atoms with Crippen molar-refractivity contribution in [1.82, 2.24) is 9.80 Å². The number of aliphatic imine (C=N–C) groups is 1. The van der Waals surface area contributed by atoms with E-state index in [2.05, 4.69) is 28.4 Å². The molecular formula is C9H17N3. The number of allylic oxidation sites excluding steroid dienone is 1. The number of rotatable bonds is 1. The van der Waals surface area contributed by atoms with Crippen LogP contribution in [0.5, 0.6) is 0 Å². The molecule has 0 atom stereocenters.